The van der Waals surface area contributed by atoms with Crippen LogP contribution in [0.25, 0.3) is 28.0 Å². The Morgan fingerprint density at radius 1 is 1.06 bits per heavy atom. The van der Waals surface area contributed by atoms with Crippen molar-refractivity contribution < 1.29 is 0 Å². The predicted octanol–water partition coefficient (Wildman–Crippen LogP) is 3.73. The lowest BCUT2D eigenvalue weighted by Gasteiger charge is -2.19. The molecule has 166 valence electrons. The zero-order valence-corrected chi connectivity index (χ0v) is 18.6. The Hall–Kier alpha value is -4.27. The highest BCUT2D eigenvalue weighted by Gasteiger charge is 2.20. The van der Waals surface area contributed by atoms with Gasteiger partial charge in [-0.1, -0.05) is 18.2 Å². The number of H-pyrrole nitrogens is 1. The van der Waals surface area contributed by atoms with Crippen LogP contribution in [-0.2, 0) is 12.1 Å². The van der Waals surface area contributed by atoms with Gasteiger partial charge in [-0.25, -0.2) is 9.36 Å². The topological polar surface area (TPSA) is 106 Å². The maximum Gasteiger partial charge on any atom is 0.263 e. The standard InChI is InChI=1S/C24H24N8O/c1-24(2,3)32-21-19(14-27-32)22(33)29-23(28-21)26-13-17-15-31(18-7-5-4-6-8-18)30-20(17)16-9-11-25-12-10-16/h4-12,14-15H,13H2,1-3H3,(H2,26,28,29,33). The van der Waals surface area contributed by atoms with Gasteiger partial charge in [-0.15, -0.1) is 0 Å². The Labute approximate surface area is 190 Å². The number of hydrogen-bond donors (Lipinski definition) is 2. The monoisotopic (exact) mass is 440 g/mol. The van der Waals surface area contributed by atoms with Gasteiger partial charge in [0, 0.05) is 36.3 Å². The molecule has 0 aliphatic heterocycles. The summed E-state index contributed by atoms with van der Waals surface area (Å²) in [6.07, 6.45) is 7.03. The number of para-hydroxylation sites is 1. The Bertz CT molecular complexity index is 1460. The second kappa shape index (κ2) is 8.01. The summed E-state index contributed by atoms with van der Waals surface area (Å²) in [6.45, 7) is 6.49. The van der Waals surface area contributed by atoms with Crippen LogP contribution in [0.4, 0.5) is 5.95 Å². The number of fused-ring (bicyclic) bond motifs is 1. The molecule has 9 heteroatoms. The third kappa shape index (κ3) is 4.00. The maximum absolute atomic E-state index is 12.6. The summed E-state index contributed by atoms with van der Waals surface area (Å²) in [5.41, 5.74) is 3.72. The molecule has 0 bridgehead atoms. The fourth-order valence-corrected chi connectivity index (χ4v) is 3.68. The number of benzene rings is 1. The molecule has 1 aromatic carbocycles. The summed E-state index contributed by atoms with van der Waals surface area (Å²) in [5, 5.41) is 12.9. The van der Waals surface area contributed by atoms with Crippen molar-refractivity contribution in [3.8, 4) is 16.9 Å². The maximum atomic E-state index is 12.6. The highest BCUT2D eigenvalue weighted by atomic mass is 16.1. The lowest BCUT2D eigenvalue weighted by Crippen LogP contribution is -2.24. The molecule has 9 nitrogen and oxygen atoms in total. The molecule has 5 aromatic rings. The molecule has 0 aliphatic rings. The van der Waals surface area contributed by atoms with Crippen molar-refractivity contribution in [1.29, 1.82) is 0 Å². The number of nitrogens with one attached hydrogen (secondary N) is 2. The molecule has 33 heavy (non-hydrogen) atoms. The van der Waals surface area contributed by atoms with Crippen molar-refractivity contribution in [3.63, 3.8) is 0 Å². The summed E-state index contributed by atoms with van der Waals surface area (Å²) < 4.78 is 3.61. The SMILES string of the molecule is CC(C)(C)n1ncc2c(=O)[nH]c(NCc3cn(-c4ccccc4)nc3-c3ccncc3)nc21. The Morgan fingerprint density at radius 3 is 2.55 bits per heavy atom. The first-order chi connectivity index (χ1) is 15.9. The predicted molar refractivity (Wildman–Crippen MR) is 127 cm³/mol. The largest absolute Gasteiger partial charge is 0.351 e. The summed E-state index contributed by atoms with van der Waals surface area (Å²) in [5.74, 6) is 0.381. The lowest BCUT2D eigenvalue weighted by molar-refractivity contribution is 0.366. The van der Waals surface area contributed by atoms with Crippen LogP contribution >= 0.6 is 0 Å². The Balaban J connectivity index is 1.51. The van der Waals surface area contributed by atoms with E-state index in [4.69, 9.17) is 5.10 Å². The summed E-state index contributed by atoms with van der Waals surface area (Å²) in [4.78, 5) is 24.2. The first kappa shape index (κ1) is 20.6. The van der Waals surface area contributed by atoms with Gasteiger partial charge in [-0.05, 0) is 45.0 Å². The van der Waals surface area contributed by atoms with E-state index in [2.05, 4.69) is 25.4 Å². The molecular weight excluding hydrogens is 416 g/mol. The lowest BCUT2D eigenvalue weighted by atomic mass is 10.1. The number of rotatable bonds is 5. The average molecular weight is 441 g/mol. The van der Waals surface area contributed by atoms with Crippen molar-refractivity contribution in [2.45, 2.75) is 32.9 Å². The molecule has 0 amide bonds. The van der Waals surface area contributed by atoms with Crippen LogP contribution in [0.15, 0.2) is 72.0 Å². The van der Waals surface area contributed by atoms with Crippen molar-refractivity contribution in [2.24, 2.45) is 0 Å². The third-order valence-electron chi connectivity index (χ3n) is 5.28. The number of nitrogens with zero attached hydrogens (tertiary/aromatic N) is 6. The molecule has 0 radical (unpaired) electrons. The first-order valence-electron chi connectivity index (χ1n) is 10.7. The number of aromatic amines is 1. The molecule has 0 spiro atoms. The highest BCUT2D eigenvalue weighted by molar-refractivity contribution is 5.74. The van der Waals surface area contributed by atoms with Gasteiger partial charge in [0.25, 0.3) is 5.56 Å². The molecule has 0 saturated carbocycles. The van der Waals surface area contributed by atoms with Gasteiger partial charge in [-0.3, -0.25) is 14.8 Å². The molecule has 2 N–H and O–H groups in total. The molecule has 4 heterocycles. The zero-order chi connectivity index (χ0) is 23.0. The molecule has 4 aromatic heterocycles. The number of aromatic nitrogens is 7. The first-order valence-corrected chi connectivity index (χ1v) is 10.7. The van der Waals surface area contributed by atoms with Gasteiger partial charge < -0.3 is 5.32 Å². The molecule has 5 rings (SSSR count). The molecule has 0 fully saturated rings. The van der Waals surface area contributed by atoms with Crippen LogP contribution in [-0.4, -0.2) is 34.5 Å². The van der Waals surface area contributed by atoms with Crippen LogP contribution < -0.4 is 10.9 Å². The molecule has 0 atom stereocenters. The van der Waals surface area contributed by atoms with Crippen molar-refractivity contribution in [3.05, 3.63) is 83.2 Å². The van der Waals surface area contributed by atoms with E-state index in [1.165, 1.54) is 0 Å². The highest BCUT2D eigenvalue weighted by Crippen LogP contribution is 2.24. The smallest absolute Gasteiger partial charge is 0.263 e. The van der Waals surface area contributed by atoms with Gasteiger partial charge >= 0.3 is 0 Å². The summed E-state index contributed by atoms with van der Waals surface area (Å²) in [7, 11) is 0. The molecular formula is C24H24N8O. The quantitative estimate of drug-likeness (QED) is 0.431. The van der Waals surface area contributed by atoms with Crippen LogP contribution in [0.1, 0.15) is 26.3 Å². The summed E-state index contributed by atoms with van der Waals surface area (Å²) in [6, 6.07) is 13.8. The Morgan fingerprint density at radius 2 is 1.82 bits per heavy atom. The van der Waals surface area contributed by atoms with E-state index < -0.39 is 0 Å². The second-order valence-corrected chi connectivity index (χ2v) is 8.75. The van der Waals surface area contributed by atoms with Crippen LogP contribution in [0.2, 0.25) is 0 Å². The van der Waals surface area contributed by atoms with Crippen LogP contribution in [0.3, 0.4) is 0 Å². The average Bonchev–Trinajstić information content (AvgIpc) is 3.44. The van der Waals surface area contributed by atoms with E-state index in [-0.39, 0.29) is 11.1 Å². The fraction of sp³-hybridized carbons (Fsp3) is 0.208. The number of anilines is 1. The van der Waals surface area contributed by atoms with Gasteiger partial charge in [0.1, 0.15) is 5.39 Å². The number of hydrogen-bond acceptors (Lipinski definition) is 6. The third-order valence-corrected chi connectivity index (χ3v) is 5.28. The van der Waals surface area contributed by atoms with E-state index >= 15 is 0 Å². The van der Waals surface area contributed by atoms with E-state index in [0.29, 0.717) is 23.5 Å². The van der Waals surface area contributed by atoms with E-state index in [1.807, 2.05) is 74.1 Å². The molecule has 0 unspecified atom stereocenters. The molecule has 0 aliphatic carbocycles. The fourth-order valence-electron chi connectivity index (χ4n) is 3.68. The van der Waals surface area contributed by atoms with E-state index in [0.717, 1.165) is 22.5 Å². The van der Waals surface area contributed by atoms with Gasteiger partial charge in [0.05, 0.1) is 23.1 Å². The normalized spacial score (nSPS) is 11.7. The van der Waals surface area contributed by atoms with Crippen LogP contribution in [0, 0.1) is 0 Å². The van der Waals surface area contributed by atoms with Crippen LogP contribution in [0.5, 0.6) is 0 Å². The number of pyridine rings is 1. The minimum atomic E-state index is -0.300. The van der Waals surface area contributed by atoms with Crippen molar-refractivity contribution >= 4 is 17.0 Å². The van der Waals surface area contributed by atoms with Gasteiger partial charge in [0.15, 0.2) is 5.65 Å². The van der Waals surface area contributed by atoms with Crippen molar-refractivity contribution in [1.82, 2.24) is 34.5 Å². The minimum absolute atomic E-state index is 0.229. The zero-order valence-electron chi connectivity index (χ0n) is 18.6. The van der Waals surface area contributed by atoms with Gasteiger partial charge in [-0.2, -0.15) is 15.2 Å². The van der Waals surface area contributed by atoms with Gasteiger partial charge in [0.2, 0.25) is 5.95 Å². The summed E-state index contributed by atoms with van der Waals surface area (Å²) >= 11 is 0. The van der Waals surface area contributed by atoms with E-state index in [1.54, 1.807) is 23.3 Å². The van der Waals surface area contributed by atoms with Crippen molar-refractivity contribution in [2.75, 3.05) is 5.32 Å². The second-order valence-electron chi connectivity index (χ2n) is 8.75. The Kier molecular flexibility index (Phi) is 5.01. The molecule has 0 saturated heterocycles. The van der Waals surface area contributed by atoms with E-state index in [9.17, 15) is 4.79 Å². The minimum Gasteiger partial charge on any atom is -0.351 e.